The molecule has 4 rings (SSSR count). The smallest absolute Gasteiger partial charge is 0.243 e. The van der Waals surface area contributed by atoms with Gasteiger partial charge in [-0.2, -0.15) is 9.57 Å². The Morgan fingerprint density at radius 3 is 2.72 bits per heavy atom. The summed E-state index contributed by atoms with van der Waals surface area (Å²) < 4.78 is 33.0. The van der Waals surface area contributed by atoms with Crippen molar-refractivity contribution < 1.29 is 17.9 Å². The standard InChI is InChI=1S/C23H22N4O4S/c1-26(22-8-10-27(23(22)28)15-16-7-9-25-19(11-16)14-24)32(29,30)21-6-4-17-3-5-20(31-2)12-18(17)13-21/h3-7,9,11-13,22H,8,10,15H2,1-2H3/t22-/m0/s1. The highest BCUT2D eigenvalue weighted by atomic mass is 32.2. The van der Waals surface area contributed by atoms with Crippen molar-refractivity contribution in [3.63, 3.8) is 0 Å². The Hall–Kier alpha value is -3.48. The van der Waals surface area contributed by atoms with Gasteiger partial charge in [0.2, 0.25) is 15.9 Å². The number of carbonyl (C=O) groups excluding carboxylic acids is 1. The fourth-order valence-electron chi connectivity index (χ4n) is 3.90. The van der Waals surface area contributed by atoms with Crippen LogP contribution >= 0.6 is 0 Å². The number of sulfonamides is 1. The van der Waals surface area contributed by atoms with Crippen molar-refractivity contribution in [3.8, 4) is 11.8 Å². The number of fused-ring (bicyclic) bond motifs is 1. The van der Waals surface area contributed by atoms with Crippen molar-refractivity contribution in [1.82, 2.24) is 14.2 Å². The molecule has 9 heteroatoms. The minimum atomic E-state index is -3.88. The maximum Gasteiger partial charge on any atom is 0.243 e. The van der Waals surface area contributed by atoms with Gasteiger partial charge in [-0.05, 0) is 59.2 Å². The van der Waals surface area contributed by atoms with Gasteiger partial charge in [-0.15, -0.1) is 0 Å². The summed E-state index contributed by atoms with van der Waals surface area (Å²) in [4.78, 5) is 18.7. The predicted octanol–water partition coefficient (Wildman–Crippen LogP) is 2.54. The fraction of sp³-hybridized carbons (Fsp3) is 0.261. The number of hydrogen-bond donors (Lipinski definition) is 0. The molecule has 3 aromatic rings. The van der Waals surface area contributed by atoms with E-state index >= 15 is 0 Å². The number of amides is 1. The number of benzene rings is 2. The number of aromatic nitrogens is 1. The van der Waals surface area contributed by atoms with Crippen LogP contribution in [0.25, 0.3) is 10.8 Å². The molecule has 0 unspecified atom stereocenters. The Morgan fingerprint density at radius 2 is 1.97 bits per heavy atom. The number of ether oxygens (including phenoxy) is 1. The van der Waals surface area contributed by atoms with E-state index in [9.17, 15) is 13.2 Å². The van der Waals surface area contributed by atoms with Crippen LogP contribution in [0.4, 0.5) is 0 Å². The summed E-state index contributed by atoms with van der Waals surface area (Å²) in [5, 5.41) is 10.6. The third kappa shape index (κ3) is 4.02. The molecule has 32 heavy (non-hydrogen) atoms. The van der Waals surface area contributed by atoms with Crippen LogP contribution in [-0.4, -0.2) is 55.3 Å². The summed E-state index contributed by atoms with van der Waals surface area (Å²) in [6.45, 7) is 0.735. The van der Waals surface area contributed by atoms with Gasteiger partial charge in [0.15, 0.2) is 0 Å². The Labute approximate surface area is 186 Å². The first kappa shape index (κ1) is 21.7. The summed E-state index contributed by atoms with van der Waals surface area (Å²) in [7, 11) is -0.884. The zero-order valence-electron chi connectivity index (χ0n) is 17.7. The van der Waals surface area contributed by atoms with Gasteiger partial charge in [-0.25, -0.2) is 13.4 Å². The van der Waals surface area contributed by atoms with E-state index in [1.807, 2.05) is 18.2 Å². The van der Waals surface area contributed by atoms with Crippen molar-refractivity contribution in [1.29, 1.82) is 5.26 Å². The summed E-state index contributed by atoms with van der Waals surface area (Å²) in [6.07, 6.45) is 1.92. The molecule has 8 nitrogen and oxygen atoms in total. The van der Waals surface area contributed by atoms with Crippen LogP contribution in [0.2, 0.25) is 0 Å². The van der Waals surface area contributed by atoms with Crippen LogP contribution in [0.3, 0.4) is 0 Å². The molecular weight excluding hydrogens is 428 g/mol. The monoisotopic (exact) mass is 450 g/mol. The number of nitrogens with zero attached hydrogens (tertiary/aromatic N) is 4. The number of nitriles is 1. The van der Waals surface area contributed by atoms with Crippen LogP contribution in [0.1, 0.15) is 17.7 Å². The van der Waals surface area contributed by atoms with Crippen molar-refractivity contribution in [2.45, 2.75) is 23.9 Å². The number of pyridine rings is 1. The third-order valence-corrected chi connectivity index (χ3v) is 7.58. The second-order valence-corrected chi connectivity index (χ2v) is 9.62. The van der Waals surface area contributed by atoms with Gasteiger partial charge in [0.05, 0.1) is 12.0 Å². The second kappa shape index (κ2) is 8.57. The molecule has 1 aliphatic heterocycles. The Kier molecular flexibility index (Phi) is 5.82. The van der Waals surface area contributed by atoms with Gasteiger partial charge >= 0.3 is 0 Å². The number of rotatable bonds is 6. The average Bonchev–Trinajstić information content (AvgIpc) is 3.17. The molecule has 1 amide bonds. The van der Waals surface area contributed by atoms with E-state index < -0.39 is 16.1 Å². The van der Waals surface area contributed by atoms with E-state index in [2.05, 4.69) is 4.98 Å². The quantitative estimate of drug-likeness (QED) is 0.572. The molecule has 164 valence electrons. The lowest BCUT2D eigenvalue weighted by Crippen LogP contribution is -2.42. The van der Waals surface area contributed by atoms with Crippen molar-refractivity contribution in [2.75, 3.05) is 20.7 Å². The van der Waals surface area contributed by atoms with Crippen molar-refractivity contribution in [2.24, 2.45) is 0 Å². The normalized spacial score (nSPS) is 16.5. The molecule has 1 atom stereocenters. The SMILES string of the molecule is COc1ccc2ccc(S(=O)(=O)N(C)[C@H]3CCN(Cc4ccnc(C#N)c4)C3=O)cc2c1. The molecule has 1 aromatic heterocycles. The molecule has 0 spiro atoms. The second-order valence-electron chi connectivity index (χ2n) is 7.62. The molecule has 0 saturated carbocycles. The van der Waals surface area contributed by atoms with E-state index in [1.165, 1.54) is 13.2 Å². The third-order valence-electron chi connectivity index (χ3n) is 5.72. The molecule has 1 saturated heterocycles. The largest absolute Gasteiger partial charge is 0.497 e. The van der Waals surface area contributed by atoms with Crippen LogP contribution in [0.15, 0.2) is 59.6 Å². The molecule has 0 radical (unpaired) electrons. The zero-order chi connectivity index (χ0) is 22.9. The van der Waals surface area contributed by atoms with Gasteiger partial charge in [-0.1, -0.05) is 12.1 Å². The predicted molar refractivity (Wildman–Crippen MR) is 118 cm³/mol. The Bertz CT molecular complexity index is 1330. The first-order valence-electron chi connectivity index (χ1n) is 10.0. The summed E-state index contributed by atoms with van der Waals surface area (Å²) in [5.41, 5.74) is 1.05. The van der Waals surface area contributed by atoms with Crippen molar-refractivity contribution >= 4 is 26.7 Å². The first-order chi connectivity index (χ1) is 15.3. The average molecular weight is 451 g/mol. The van der Waals surface area contributed by atoms with Gasteiger partial charge in [0.25, 0.3) is 0 Å². The Balaban J connectivity index is 1.55. The fourth-order valence-corrected chi connectivity index (χ4v) is 5.27. The van der Waals surface area contributed by atoms with Gasteiger partial charge in [-0.3, -0.25) is 4.79 Å². The number of methoxy groups -OCH3 is 1. The van der Waals surface area contributed by atoms with Gasteiger partial charge in [0.1, 0.15) is 23.6 Å². The van der Waals surface area contributed by atoms with E-state index in [0.717, 1.165) is 20.6 Å². The first-order valence-corrected chi connectivity index (χ1v) is 11.5. The molecule has 0 N–H and O–H groups in total. The molecular formula is C23H22N4O4S. The van der Waals surface area contributed by atoms with Crippen LogP contribution in [0.5, 0.6) is 5.75 Å². The Morgan fingerprint density at radius 1 is 1.19 bits per heavy atom. The van der Waals surface area contributed by atoms with E-state index in [1.54, 1.807) is 48.4 Å². The molecule has 1 aliphatic rings. The highest BCUT2D eigenvalue weighted by Crippen LogP contribution is 2.28. The lowest BCUT2D eigenvalue weighted by Gasteiger charge is -2.24. The number of likely N-dealkylation sites (N-methyl/N-ethyl adjacent to an activating group) is 1. The van der Waals surface area contributed by atoms with Crippen molar-refractivity contribution in [3.05, 3.63) is 66.0 Å². The summed E-state index contributed by atoms with van der Waals surface area (Å²) in [6, 6.07) is 14.9. The van der Waals surface area contributed by atoms with E-state index in [0.29, 0.717) is 25.3 Å². The number of likely N-dealkylation sites (tertiary alicyclic amines) is 1. The lowest BCUT2D eigenvalue weighted by atomic mass is 10.1. The maximum atomic E-state index is 13.3. The van der Waals surface area contributed by atoms with Gasteiger partial charge in [0, 0.05) is 26.3 Å². The van der Waals surface area contributed by atoms with Gasteiger partial charge < -0.3 is 9.64 Å². The highest BCUT2D eigenvalue weighted by molar-refractivity contribution is 7.89. The minimum absolute atomic E-state index is 0.125. The molecule has 2 aromatic carbocycles. The number of carbonyl (C=O) groups is 1. The molecule has 1 fully saturated rings. The molecule has 0 aliphatic carbocycles. The van der Waals surface area contributed by atoms with Crippen LogP contribution < -0.4 is 4.74 Å². The van der Waals surface area contributed by atoms with E-state index in [-0.39, 0.29) is 16.5 Å². The topological polar surface area (TPSA) is 104 Å². The van der Waals surface area contributed by atoms with Crippen LogP contribution in [0, 0.1) is 11.3 Å². The maximum absolute atomic E-state index is 13.3. The highest BCUT2D eigenvalue weighted by Gasteiger charge is 2.39. The van der Waals surface area contributed by atoms with E-state index in [4.69, 9.17) is 10.00 Å². The molecule has 0 bridgehead atoms. The van der Waals surface area contributed by atoms with Crippen LogP contribution in [-0.2, 0) is 21.4 Å². The molecule has 2 heterocycles. The minimum Gasteiger partial charge on any atom is -0.497 e. The zero-order valence-corrected chi connectivity index (χ0v) is 18.5. The number of hydrogen-bond acceptors (Lipinski definition) is 6. The summed E-state index contributed by atoms with van der Waals surface area (Å²) in [5.74, 6) is 0.381. The summed E-state index contributed by atoms with van der Waals surface area (Å²) >= 11 is 0. The lowest BCUT2D eigenvalue weighted by molar-refractivity contribution is -0.131.